The molecule has 0 radical (unpaired) electrons. The van der Waals surface area contributed by atoms with E-state index >= 15 is 0 Å². The summed E-state index contributed by atoms with van der Waals surface area (Å²) in [5.41, 5.74) is 9.73. The number of methoxy groups -OCH3 is 1. The second-order valence-corrected chi connectivity index (χ2v) is 6.48. The van der Waals surface area contributed by atoms with Crippen LogP contribution in [0.25, 0.3) is 11.1 Å². The first kappa shape index (κ1) is 14.3. The normalized spacial score (nSPS) is 20.6. The van der Waals surface area contributed by atoms with E-state index in [1.54, 1.807) is 0 Å². The third-order valence-corrected chi connectivity index (χ3v) is 4.76. The highest BCUT2D eigenvalue weighted by molar-refractivity contribution is 5.76. The fraction of sp³-hybridized carbons (Fsp3) is 0.400. The van der Waals surface area contributed by atoms with Crippen LogP contribution >= 0.6 is 0 Å². The molecule has 0 spiro atoms. The van der Waals surface area contributed by atoms with Crippen LogP contribution in [0.15, 0.2) is 30.3 Å². The number of hydrogen-bond donors (Lipinski definition) is 0. The number of aryl methyl sites for hydroxylation is 3. The molecule has 0 saturated heterocycles. The van der Waals surface area contributed by atoms with Crippen molar-refractivity contribution in [2.75, 3.05) is 7.11 Å². The molecule has 21 heavy (non-hydrogen) atoms. The standard InChI is InChI=1S/C20H24O/c1-12-9-13(2)19(14(3)10-12)16-7-6-8-17-18(16)11-15(4)20(17)21-5/h6-10,15,20H,11H2,1-5H3. The minimum absolute atomic E-state index is 0.242. The van der Waals surface area contributed by atoms with Crippen LogP contribution in [0.4, 0.5) is 0 Å². The molecule has 1 heteroatoms. The molecule has 0 fully saturated rings. The summed E-state index contributed by atoms with van der Waals surface area (Å²) in [5.74, 6) is 0.553. The van der Waals surface area contributed by atoms with E-state index in [2.05, 4.69) is 58.0 Å². The Morgan fingerprint density at radius 3 is 2.33 bits per heavy atom. The third-order valence-electron chi connectivity index (χ3n) is 4.76. The van der Waals surface area contributed by atoms with Gasteiger partial charge in [0, 0.05) is 7.11 Å². The lowest BCUT2D eigenvalue weighted by atomic mass is 9.89. The summed E-state index contributed by atoms with van der Waals surface area (Å²) in [4.78, 5) is 0. The molecular weight excluding hydrogens is 256 g/mol. The average Bonchev–Trinajstić information content (AvgIpc) is 2.73. The topological polar surface area (TPSA) is 9.23 Å². The van der Waals surface area contributed by atoms with Crippen LogP contribution in [0.3, 0.4) is 0 Å². The molecular formula is C20H24O. The zero-order valence-corrected chi connectivity index (χ0v) is 13.7. The van der Waals surface area contributed by atoms with E-state index in [4.69, 9.17) is 4.74 Å². The van der Waals surface area contributed by atoms with Gasteiger partial charge in [0.1, 0.15) is 0 Å². The Kier molecular flexibility index (Phi) is 3.62. The molecule has 2 aromatic rings. The number of hydrogen-bond acceptors (Lipinski definition) is 1. The monoisotopic (exact) mass is 280 g/mol. The number of benzene rings is 2. The Balaban J connectivity index is 2.21. The van der Waals surface area contributed by atoms with Crippen LogP contribution in [-0.4, -0.2) is 7.11 Å². The van der Waals surface area contributed by atoms with Crippen molar-refractivity contribution >= 4 is 0 Å². The Morgan fingerprint density at radius 2 is 1.71 bits per heavy atom. The van der Waals surface area contributed by atoms with Crippen molar-refractivity contribution in [3.05, 3.63) is 58.1 Å². The Labute approximate surface area is 128 Å². The van der Waals surface area contributed by atoms with E-state index in [-0.39, 0.29) is 6.10 Å². The molecule has 0 heterocycles. The first-order valence-corrected chi connectivity index (χ1v) is 7.75. The molecule has 2 atom stereocenters. The number of ether oxygens (including phenoxy) is 1. The van der Waals surface area contributed by atoms with Crippen LogP contribution in [0.2, 0.25) is 0 Å². The van der Waals surface area contributed by atoms with E-state index in [9.17, 15) is 0 Å². The van der Waals surface area contributed by atoms with Crippen molar-refractivity contribution in [1.82, 2.24) is 0 Å². The summed E-state index contributed by atoms with van der Waals surface area (Å²) in [6, 6.07) is 11.3. The Hall–Kier alpha value is -1.60. The molecule has 1 aliphatic rings. The third kappa shape index (κ3) is 2.30. The smallest absolute Gasteiger partial charge is 0.0852 e. The van der Waals surface area contributed by atoms with Crippen LogP contribution < -0.4 is 0 Å². The summed E-state index contributed by atoms with van der Waals surface area (Å²) in [6.07, 6.45) is 1.35. The lowest BCUT2D eigenvalue weighted by molar-refractivity contribution is 0.0695. The fourth-order valence-electron chi connectivity index (χ4n) is 4.03. The molecule has 2 aromatic carbocycles. The molecule has 0 aromatic heterocycles. The summed E-state index contributed by atoms with van der Waals surface area (Å²) in [5, 5.41) is 0. The molecule has 1 aliphatic carbocycles. The van der Waals surface area contributed by atoms with Gasteiger partial charge in [0.15, 0.2) is 0 Å². The van der Waals surface area contributed by atoms with E-state index in [1.165, 1.54) is 38.9 Å². The number of rotatable bonds is 2. The highest BCUT2D eigenvalue weighted by Crippen LogP contribution is 2.43. The van der Waals surface area contributed by atoms with Crippen LogP contribution in [0, 0.1) is 26.7 Å². The lowest BCUT2D eigenvalue weighted by Gasteiger charge is -2.16. The van der Waals surface area contributed by atoms with Crippen LogP contribution in [0.5, 0.6) is 0 Å². The highest BCUT2D eigenvalue weighted by Gasteiger charge is 2.31. The maximum atomic E-state index is 5.72. The highest BCUT2D eigenvalue weighted by atomic mass is 16.5. The van der Waals surface area contributed by atoms with Gasteiger partial charge in [-0.2, -0.15) is 0 Å². The van der Waals surface area contributed by atoms with Crippen molar-refractivity contribution in [3.63, 3.8) is 0 Å². The van der Waals surface area contributed by atoms with Gasteiger partial charge in [0.05, 0.1) is 6.10 Å². The lowest BCUT2D eigenvalue weighted by Crippen LogP contribution is -2.05. The van der Waals surface area contributed by atoms with Gasteiger partial charge in [-0.3, -0.25) is 0 Å². The molecule has 2 unspecified atom stereocenters. The quantitative estimate of drug-likeness (QED) is 0.738. The zero-order chi connectivity index (χ0) is 15.1. The second kappa shape index (κ2) is 5.31. The summed E-state index contributed by atoms with van der Waals surface area (Å²) >= 11 is 0. The first-order valence-electron chi connectivity index (χ1n) is 7.75. The van der Waals surface area contributed by atoms with E-state index in [1.807, 2.05) is 7.11 Å². The summed E-state index contributed by atoms with van der Waals surface area (Å²) in [6.45, 7) is 8.90. The maximum absolute atomic E-state index is 5.72. The van der Waals surface area contributed by atoms with Gasteiger partial charge in [0.2, 0.25) is 0 Å². The molecule has 0 N–H and O–H groups in total. The largest absolute Gasteiger partial charge is 0.376 e. The van der Waals surface area contributed by atoms with E-state index in [0.29, 0.717) is 5.92 Å². The molecule has 0 bridgehead atoms. The Morgan fingerprint density at radius 1 is 1.05 bits per heavy atom. The van der Waals surface area contributed by atoms with Crippen molar-refractivity contribution in [2.45, 2.75) is 40.2 Å². The molecule has 1 nitrogen and oxygen atoms in total. The van der Waals surface area contributed by atoms with E-state index in [0.717, 1.165) is 6.42 Å². The van der Waals surface area contributed by atoms with Crippen molar-refractivity contribution in [2.24, 2.45) is 5.92 Å². The molecule has 3 rings (SSSR count). The second-order valence-electron chi connectivity index (χ2n) is 6.48. The van der Waals surface area contributed by atoms with Gasteiger partial charge in [-0.05, 0) is 66.5 Å². The van der Waals surface area contributed by atoms with Gasteiger partial charge in [-0.25, -0.2) is 0 Å². The van der Waals surface area contributed by atoms with Crippen LogP contribution in [0.1, 0.15) is 40.8 Å². The molecule has 0 amide bonds. The van der Waals surface area contributed by atoms with Crippen molar-refractivity contribution < 1.29 is 4.74 Å². The van der Waals surface area contributed by atoms with Gasteiger partial charge in [0.25, 0.3) is 0 Å². The molecule has 0 aliphatic heterocycles. The predicted molar refractivity (Wildman–Crippen MR) is 88.7 cm³/mol. The predicted octanol–water partition coefficient (Wildman–Crippen LogP) is 5.16. The van der Waals surface area contributed by atoms with Crippen molar-refractivity contribution in [3.8, 4) is 11.1 Å². The minimum atomic E-state index is 0.242. The summed E-state index contributed by atoms with van der Waals surface area (Å²) < 4.78 is 5.72. The molecule has 0 saturated carbocycles. The summed E-state index contributed by atoms with van der Waals surface area (Å²) in [7, 11) is 1.82. The zero-order valence-electron chi connectivity index (χ0n) is 13.7. The van der Waals surface area contributed by atoms with Gasteiger partial charge in [-0.15, -0.1) is 0 Å². The first-order chi connectivity index (χ1) is 10.0. The Bertz CT molecular complexity index is 661. The maximum Gasteiger partial charge on any atom is 0.0852 e. The molecule has 110 valence electrons. The van der Waals surface area contributed by atoms with Gasteiger partial charge in [-0.1, -0.05) is 42.8 Å². The van der Waals surface area contributed by atoms with E-state index < -0.39 is 0 Å². The van der Waals surface area contributed by atoms with Gasteiger partial charge >= 0.3 is 0 Å². The number of fused-ring (bicyclic) bond motifs is 1. The van der Waals surface area contributed by atoms with Crippen LogP contribution in [-0.2, 0) is 11.2 Å². The average molecular weight is 280 g/mol. The SMILES string of the molecule is COC1c2cccc(-c3c(C)cc(C)cc3C)c2CC1C. The van der Waals surface area contributed by atoms with Crippen molar-refractivity contribution in [1.29, 1.82) is 0 Å². The fourth-order valence-corrected chi connectivity index (χ4v) is 4.03. The van der Waals surface area contributed by atoms with Gasteiger partial charge < -0.3 is 4.74 Å². The minimum Gasteiger partial charge on any atom is -0.376 e.